The van der Waals surface area contributed by atoms with E-state index in [0.717, 1.165) is 33.4 Å². The molecule has 2 heterocycles. The summed E-state index contributed by atoms with van der Waals surface area (Å²) in [6.45, 7) is 2.08. The van der Waals surface area contributed by atoms with Crippen LogP contribution in [0.25, 0.3) is 17.0 Å². The third-order valence-electron chi connectivity index (χ3n) is 5.41. The van der Waals surface area contributed by atoms with E-state index < -0.39 is 0 Å². The maximum atomic E-state index is 13.6. The van der Waals surface area contributed by atoms with E-state index >= 15 is 0 Å². The number of fused-ring (bicyclic) bond motifs is 2. The number of rotatable bonds is 2. The molecule has 3 heteroatoms. The summed E-state index contributed by atoms with van der Waals surface area (Å²) in [6, 6.07) is 25.7. The number of para-hydroxylation sites is 2. The third kappa shape index (κ3) is 2.55. The predicted molar refractivity (Wildman–Crippen MR) is 115 cm³/mol. The number of benzene rings is 3. The van der Waals surface area contributed by atoms with Crippen LogP contribution < -0.4 is 4.90 Å². The maximum Gasteiger partial charge on any atom is 0.259 e. The number of carbonyl (C=O) groups is 1. The molecule has 0 aliphatic carbocycles. The number of aromatic amines is 1. The number of anilines is 1. The number of aryl methyl sites for hydroxylation is 1. The van der Waals surface area contributed by atoms with E-state index in [0.29, 0.717) is 5.56 Å². The van der Waals surface area contributed by atoms with E-state index in [1.807, 2.05) is 65.6 Å². The molecule has 1 atom stereocenters. The summed E-state index contributed by atoms with van der Waals surface area (Å²) >= 11 is 0. The molecule has 1 unspecified atom stereocenters. The van der Waals surface area contributed by atoms with Gasteiger partial charge in [0.15, 0.2) is 0 Å². The Morgan fingerprint density at radius 3 is 2.46 bits per heavy atom. The zero-order valence-corrected chi connectivity index (χ0v) is 15.6. The van der Waals surface area contributed by atoms with Gasteiger partial charge in [-0.1, -0.05) is 66.7 Å². The highest BCUT2D eigenvalue weighted by molar-refractivity contribution is 6.09. The monoisotopic (exact) mass is 364 g/mol. The summed E-state index contributed by atoms with van der Waals surface area (Å²) in [5.41, 5.74) is 6.00. The van der Waals surface area contributed by atoms with Crippen molar-refractivity contribution in [2.75, 3.05) is 4.90 Å². The lowest BCUT2D eigenvalue weighted by molar-refractivity contribution is 0.0980. The van der Waals surface area contributed by atoms with Gasteiger partial charge in [0, 0.05) is 27.7 Å². The van der Waals surface area contributed by atoms with Crippen LogP contribution in [-0.2, 0) is 0 Å². The molecular formula is C25H20N2O. The van der Waals surface area contributed by atoms with Gasteiger partial charge in [0.25, 0.3) is 5.91 Å². The van der Waals surface area contributed by atoms with Crippen molar-refractivity contribution in [1.29, 1.82) is 0 Å². The van der Waals surface area contributed by atoms with Crippen molar-refractivity contribution in [2.45, 2.75) is 13.0 Å². The molecule has 28 heavy (non-hydrogen) atoms. The first-order chi connectivity index (χ1) is 13.7. The van der Waals surface area contributed by atoms with Gasteiger partial charge in [-0.3, -0.25) is 9.69 Å². The van der Waals surface area contributed by atoms with Gasteiger partial charge in [0.2, 0.25) is 0 Å². The van der Waals surface area contributed by atoms with Crippen LogP contribution in [0.3, 0.4) is 0 Å². The van der Waals surface area contributed by atoms with Crippen LogP contribution in [0.5, 0.6) is 0 Å². The number of hydrogen-bond donors (Lipinski definition) is 1. The first kappa shape index (κ1) is 16.6. The summed E-state index contributed by atoms with van der Waals surface area (Å²) in [6.07, 6.45) is 4.25. The molecule has 1 N–H and O–H groups in total. The van der Waals surface area contributed by atoms with Crippen molar-refractivity contribution in [3.05, 3.63) is 107 Å². The number of nitrogens with zero attached hydrogens (tertiary/aromatic N) is 1. The minimum absolute atomic E-state index is 0.00656. The van der Waals surface area contributed by atoms with Crippen LogP contribution in [0.15, 0.2) is 84.9 Å². The molecule has 3 aromatic carbocycles. The van der Waals surface area contributed by atoms with Gasteiger partial charge in [-0.25, -0.2) is 0 Å². The normalized spacial score (nSPS) is 15.6. The Kier molecular flexibility index (Phi) is 3.87. The number of carbonyl (C=O) groups excluding carboxylic acids is 1. The summed E-state index contributed by atoms with van der Waals surface area (Å²) in [5, 5.41) is 1.15. The van der Waals surface area contributed by atoms with Gasteiger partial charge >= 0.3 is 0 Å². The van der Waals surface area contributed by atoms with Crippen molar-refractivity contribution in [1.82, 2.24) is 4.98 Å². The molecule has 1 aromatic heterocycles. The van der Waals surface area contributed by atoms with Crippen LogP contribution in [0.4, 0.5) is 5.69 Å². The second kappa shape index (κ2) is 6.54. The fourth-order valence-corrected chi connectivity index (χ4v) is 4.14. The zero-order valence-electron chi connectivity index (χ0n) is 15.6. The van der Waals surface area contributed by atoms with Crippen LogP contribution in [0.1, 0.15) is 33.2 Å². The Bertz CT molecular complexity index is 1200. The van der Waals surface area contributed by atoms with E-state index in [9.17, 15) is 4.79 Å². The second-order valence-corrected chi connectivity index (χ2v) is 7.11. The van der Waals surface area contributed by atoms with Crippen LogP contribution >= 0.6 is 0 Å². The highest BCUT2D eigenvalue weighted by atomic mass is 16.2. The van der Waals surface area contributed by atoms with Gasteiger partial charge in [-0.05, 0) is 36.8 Å². The summed E-state index contributed by atoms with van der Waals surface area (Å²) in [4.78, 5) is 19.0. The Hall–Kier alpha value is -3.59. The molecule has 1 aliphatic heterocycles. The van der Waals surface area contributed by atoms with Gasteiger partial charge < -0.3 is 4.98 Å². The molecule has 136 valence electrons. The van der Waals surface area contributed by atoms with Crippen LogP contribution in [0, 0.1) is 6.92 Å². The molecule has 1 aliphatic rings. The summed E-state index contributed by atoms with van der Waals surface area (Å²) in [7, 11) is 0. The average Bonchev–Trinajstić information content (AvgIpc) is 3.08. The van der Waals surface area contributed by atoms with Gasteiger partial charge in [0.05, 0.1) is 11.7 Å². The molecule has 0 bridgehead atoms. The second-order valence-electron chi connectivity index (χ2n) is 7.11. The fraction of sp³-hybridized carbons (Fsp3) is 0.0800. The molecule has 0 fully saturated rings. The smallest absolute Gasteiger partial charge is 0.259 e. The van der Waals surface area contributed by atoms with Gasteiger partial charge in [-0.2, -0.15) is 0 Å². The molecular weight excluding hydrogens is 344 g/mol. The van der Waals surface area contributed by atoms with E-state index in [1.165, 1.54) is 0 Å². The maximum absolute atomic E-state index is 13.6. The lowest BCUT2D eigenvalue weighted by atomic mass is 9.94. The predicted octanol–water partition coefficient (Wildman–Crippen LogP) is 5.89. The first-order valence-electron chi connectivity index (χ1n) is 9.47. The largest absolute Gasteiger partial charge is 0.358 e. The molecule has 1 amide bonds. The summed E-state index contributed by atoms with van der Waals surface area (Å²) < 4.78 is 0. The lowest BCUT2D eigenvalue weighted by Gasteiger charge is -2.34. The lowest BCUT2D eigenvalue weighted by Crippen LogP contribution is -2.36. The number of H-pyrrole nitrogens is 1. The number of aromatic nitrogens is 1. The fourth-order valence-electron chi connectivity index (χ4n) is 4.14. The topological polar surface area (TPSA) is 36.1 Å². The molecule has 0 spiro atoms. The summed E-state index contributed by atoms with van der Waals surface area (Å²) in [5.74, 6) is 0.00656. The van der Waals surface area contributed by atoms with E-state index in [2.05, 4.69) is 42.3 Å². The Balaban J connectivity index is 1.72. The quantitative estimate of drug-likeness (QED) is 0.473. The van der Waals surface area contributed by atoms with E-state index in [-0.39, 0.29) is 11.9 Å². The third-order valence-corrected chi connectivity index (χ3v) is 5.41. The molecule has 0 radical (unpaired) electrons. The van der Waals surface area contributed by atoms with E-state index in [4.69, 9.17) is 0 Å². The minimum Gasteiger partial charge on any atom is -0.358 e. The number of hydrogen-bond acceptors (Lipinski definition) is 1. The molecule has 0 saturated heterocycles. The first-order valence-corrected chi connectivity index (χ1v) is 9.47. The number of amides is 1. The van der Waals surface area contributed by atoms with Crippen molar-refractivity contribution in [2.24, 2.45) is 0 Å². The van der Waals surface area contributed by atoms with Crippen LogP contribution in [0.2, 0.25) is 0 Å². The Labute approximate surface area is 163 Å². The number of nitrogens with one attached hydrogen (secondary N) is 1. The van der Waals surface area contributed by atoms with E-state index in [1.54, 1.807) is 0 Å². The Morgan fingerprint density at radius 1 is 0.893 bits per heavy atom. The van der Waals surface area contributed by atoms with Crippen molar-refractivity contribution < 1.29 is 4.79 Å². The average molecular weight is 364 g/mol. The SMILES string of the molecule is Cc1[nH]c2ccccc2c1C1C=Cc2ccccc2N1C(=O)c1ccccc1. The Morgan fingerprint density at radius 2 is 1.61 bits per heavy atom. The molecule has 0 saturated carbocycles. The van der Waals surface area contributed by atoms with Crippen molar-refractivity contribution in [3.8, 4) is 0 Å². The zero-order chi connectivity index (χ0) is 19.1. The minimum atomic E-state index is -0.168. The van der Waals surface area contributed by atoms with Crippen molar-refractivity contribution in [3.63, 3.8) is 0 Å². The molecule has 5 rings (SSSR count). The van der Waals surface area contributed by atoms with Crippen molar-refractivity contribution >= 4 is 28.6 Å². The molecule has 3 nitrogen and oxygen atoms in total. The van der Waals surface area contributed by atoms with Crippen LogP contribution in [-0.4, -0.2) is 10.9 Å². The highest BCUT2D eigenvalue weighted by Gasteiger charge is 2.32. The highest BCUT2D eigenvalue weighted by Crippen LogP contribution is 2.41. The molecule has 4 aromatic rings. The van der Waals surface area contributed by atoms with Gasteiger partial charge in [0.1, 0.15) is 0 Å². The van der Waals surface area contributed by atoms with Gasteiger partial charge in [-0.15, -0.1) is 0 Å². The standard InChI is InChI=1S/C25H20N2O/c1-17-24(20-12-6-7-13-21(20)26-17)23-16-15-18-9-5-8-14-22(18)27(23)25(28)19-10-3-2-4-11-19/h2-16,23,26H,1H3.